The van der Waals surface area contributed by atoms with E-state index in [9.17, 15) is 9.35 Å². The normalized spacial score (nSPS) is 16.9. The van der Waals surface area contributed by atoms with E-state index in [-0.39, 0.29) is 5.16 Å². The molecule has 0 radical (unpaired) electrons. The van der Waals surface area contributed by atoms with Gasteiger partial charge >= 0.3 is 11.1 Å². The fourth-order valence-corrected chi connectivity index (χ4v) is 2.66. The van der Waals surface area contributed by atoms with Crippen molar-refractivity contribution in [2.24, 2.45) is 0 Å². The molecule has 0 amide bonds. The molecular formula is C13H19N3O3S. The lowest BCUT2D eigenvalue weighted by molar-refractivity contribution is 0.0526. The quantitative estimate of drug-likeness (QED) is 0.506. The van der Waals surface area contributed by atoms with Crippen molar-refractivity contribution in [1.82, 2.24) is 9.97 Å². The smallest absolute Gasteiger partial charge is 0.344 e. The maximum Gasteiger partial charge on any atom is 0.344 e. The van der Waals surface area contributed by atoms with Gasteiger partial charge in [-0.05, 0) is 19.8 Å². The van der Waals surface area contributed by atoms with Crippen molar-refractivity contribution < 1.29 is 14.1 Å². The standard InChI is InChI=1S/C13H19N3O3S/c1-3-19-12(17)10-8-14-13(20(2)18)16-11(10)15-9-6-4-5-7-9/h8-9H,3-7H2,1-2H3,(H,14,15,16). The number of anilines is 1. The Bertz CT molecular complexity index is 476. The Morgan fingerprint density at radius 3 is 2.85 bits per heavy atom. The molecule has 1 aromatic heterocycles. The highest BCUT2D eigenvalue weighted by Gasteiger charge is 2.23. The van der Waals surface area contributed by atoms with Gasteiger partial charge < -0.3 is 14.6 Å². The highest BCUT2D eigenvalue weighted by atomic mass is 32.2. The number of nitrogens with zero attached hydrogens (tertiary/aromatic N) is 2. The molecule has 1 aromatic rings. The van der Waals surface area contributed by atoms with Crippen LogP contribution in [-0.4, -0.2) is 39.4 Å². The third kappa shape index (κ3) is 3.61. The highest BCUT2D eigenvalue weighted by molar-refractivity contribution is 7.90. The van der Waals surface area contributed by atoms with Gasteiger partial charge in [-0.25, -0.2) is 4.79 Å². The molecule has 1 saturated carbocycles. The summed E-state index contributed by atoms with van der Waals surface area (Å²) in [6, 6.07) is 0.302. The molecule has 1 N–H and O–H groups in total. The summed E-state index contributed by atoms with van der Waals surface area (Å²) in [6.45, 7) is 2.04. The minimum Gasteiger partial charge on any atom is -0.609 e. The average molecular weight is 297 g/mol. The first-order valence-corrected chi connectivity index (χ1v) is 8.31. The van der Waals surface area contributed by atoms with Gasteiger partial charge in [-0.15, -0.1) is 0 Å². The van der Waals surface area contributed by atoms with Gasteiger partial charge in [0.05, 0.1) is 12.8 Å². The predicted molar refractivity (Wildman–Crippen MR) is 76.2 cm³/mol. The first-order valence-electron chi connectivity index (χ1n) is 6.76. The molecule has 0 aliphatic heterocycles. The summed E-state index contributed by atoms with van der Waals surface area (Å²) < 4.78 is 16.5. The van der Waals surface area contributed by atoms with E-state index in [1.54, 1.807) is 6.92 Å². The zero-order valence-electron chi connectivity index (χ0n) is 11.7. The second-order valence-corrected chi connectivity index (χ2v) is 5.99. The summed E-state index contributed by atoms with van der Waals surface area (Å²) in [7, 11) is 0. The first kappa shape index (κ1) is 15.1. The van der Waals surface area contributed by atoms with Gasteiger partial charge in [-0.1, -0.05) is 12.8 Å². The van der Waals surface area contributed by atoms with E-state index in [1.165, 1.54) is 25.3 Å². The average Bonchev–Trinajstić information content (AvgIpc) is 2.91. The summed E-state index contributed by atoms with van der Waals surface area (Å²) >= 11 is -1.28. The van der Waals surface area contributed by atoms with Crippen molar-refractivity contribution in [3.05, 3.63) is 11.8 Å². The fourth-order valence-electron chi connectivity index (χ4n) is 2.24. The molecule has 0 aromatic carbocycles. The van der Waals surface area contributed by atoms with Crippen LogP contribution in [0.1, 0.15) is 43.0 Å². The molecule has 0 spiro atoms. The van der Waals surface area contributed by atoms with Gasteiger partial charge in [-0.2, -0.15) is 9.97 Å². The Hall–Kier alpha value is -1.34. The van der Waals surface area contributed by atoms with Crippen molar-refractivity contribution in [1.29, 1.82) is 0 Å². The summed E-state index contributed by atoms with van der Waals surface area (Å²) in [5.41, 5.74) is 0.299. The molecule has 1 atom stereocenters. The molecule has 1 aliphatic carbocycles. The lowest BCUT2D eigenvalue weighted by atomic mass is 10.2. The van der Waals surface area contributed by atoms with Gasteiger partial charge in [0, 0.05) is 17.2 Å². The third-order valence-electron chi connectivity index (χ3n) is 3.22. The van der Waals surface area contributed by atoms with Crippen LogP contribution in [0, 0.1) is 0 Å². The molecule has 20 heavy (non-hydrogen) atoms. The topological polar surface area (TPSA) is 87.2 Å². The monoisotopic (exact) mass is 297 g/mol. The van der Waals surface area contributed by atoms with E-state index in [1.807, 2.05) is 0 Å². The van der Waals surface area contributed by atoms with Crippen LogP contribution in [0.15, 0.2) is 11.4 Å². The van der Waals surface area contributed by atoms with E-state index in [0.29, 0.717) is 24.0 Å². The van der Waals surface area contributed by atoms with Crippen LogP contribution in [-0.2, 0) is 15.9 Å². The predicted octanol–water partition coefficient (Wildman–Crippen LogP) is 1.75. The van der Waals surface area contributed by atoms with Crippen LogP contribution in [0.3, 0.4) is 0 Å². The first-order chi connectivity index (χ1) is 9.61. The van der Waals surface area contributed by atoms with E-state index in [2.05, 4.69) is 15.3 Å². The fraction of sp³-hybridized carbons (Fsp3) is 0.615. The van der Waals surface area contributed by atoms with Gasteiger partial charge in [-0.3, -0.25) is 0 Å². The van der Waals surface area contributed by atoms with Crippen LogP contribution in [0.4, 0.5) is 5.82 Å². The third-order valence-corrected chi connectivity index (χ3v) is 3.93. The van der Waals surface area contributed by atoms with Crippen LogP contribution >= 0.6 is 0 Å². The van der Waals surface area contributed by atoms with Crippen molar-refractivity contribution in [3.8, 4) is 0 Å². The molecule has 1 heterocycles. The SMILES string of the molecule is CCOC(=O)c1cnc([S+](C)[O-])nc1NC1CCCC1. The molecule has 110 valence electrons. The number of aromatic nitrogens is 2. The second-order valence-electron chi connectivity index (χ2n) is 4.72. The Morgan fingerprint density at radius 1 is 1.55 bits per heavy atom. The van der Waals surface area contributed by atoms with Gasteiger partial charge in [0.25, 0.3) is 0 Å². The molecule has 2 rings (SSSR count). The molecule has 0 bridgehead atoms. The summed E-state index contributed by atoms with van der Waals surface area (Å²) in [5.74, 6) is -0.0306. The van der Waals surface area contributed by atoms with Gasteiger partial charge in [0.1, 0.15) is 17.6 Å². The maximum atomic E-state index is 11.9. The van der Waals surface area contributed by atoms with E-state index < -0.39 is 17.1 Å². The number of ether oxygens (including phenoxy) is 1. The minimum absolute atomic E-state index is 0.221. The lowest BCUT2D eigenvalue weighted by Crippen LogP contribution is -2.21. The van der Waals surface area contributed by atoms with Crippen molar-refractivity contribution >= 4 is 23.0 Å². The Kier molecular flexibility index (Phi) is 5.19. The molecule has 6 nitrogen and oxygen atoms in total. The zero-order valence-corrected chi connectivity index (χ0v) is 12.5. The van der Waals surface area contributed by atoms with Crippen LogP contribution in [0.25, 0.3) is 0 Å². The second kappa shape index (κ2) is 6.90. The van der Waals surface area contributed by atoms with Gasteiger partial charge in [0.15, 0.2) is 0 Å². The van der Waals surface area contributed by atoms with Crippen LogP contribution in [0.2, 0.25) is 0 Å². The molecule has 1 unspecified atom stereocenters. The number of carbonyl (C=O) groups excluding carboxylic acids is 1. The maximum absolute atomic E-state index is 11.9. The molecule has 7 heteroatoms. The number of rotatable bonds is 5. The molecule has 1 fully saturated rings. The van der Waals surface area contributed by atoms with Gasteiger partial charge in [0.2, 0.25) is 0 Å². The van der Waals surface area contributed by atoms with E-state index in [4.69, 9.17) is 4.74 Å². The minimum atomic E-state index is -1.28. The zero-order chi connectivity index (χ0) is 14.5. The largest absolute Gasteiger partial charge is 0.609 e. The van der Waals surface area contributed by atoms with Crippen molar-refractivity contribution in [3.63, 3.8) is 0 Å². The number of carbonyl (C=O) groups is 1. The number of hydrogen-bond acceptors (Lipinski definition) is 6. The van der Waals surface area contributed by atoms with Crippen molar-refractivity contribution in [2.75, 3.05) is 18.2 Å². The Labute approximate surface area is 121 Å². The number of nitrogens with one attached hydrogen (secondary N) is 1. The highest BCUT2D eigenvalue weighted by Crippen LogP contribution is 2.24. The van der Waals surface area contributed by atoms with Crippen LogP contribution < -0.4 is 5.32 Å². The number of esters is 1. The molecule has 0 saturated heterocycles. The Morgan fingerprint density at radius 2 is 2.25 bits per heavy atom. The number of hydrogen-bond donors (Lipinski definition) is 1. The van der Waals surface area contributed by atoms with Crippen molar-refractivity contribution in [2.45, 2.75) is 43.8 Å². The summed E-state index contributed by atoms with van der Waals surface area (Å²) in [4.78, 5) is 20.1. The molecule has 1 aliphatic rings. The van der Waals surface area contributed by atoms with Crippen LogP contribution in [0.5, 0.6) is 0 Å². The van der Waals surface area contributed by atoms with E-state index >= 15 is 0 Å². The summed E-state index contributed by atoms with van der Waals surface area (Å²) in [6.07, 6.45) is 7.35. The van der Waals surface area contributed by atoms with E-state index in [0.717, 1.165) is 12.8 Å². The molecular weight excluding hydrogens is 278 g/mol. The summed E-state index contributed by atoms with van der Waals surface area (Å²) in [5, 5.41) is 3.48. The Balaban J connectivity index is 2.26. The lowest BCUT2D eigenvalue weighted by Gasteiger charge is -2.15.